The summed E-state index contributed by atoms with van der Waals surface area (Å²) in [5.41, 5.74) is -0.207. The first-order valence-corrected chi connectivity index (χ1v) is 5.94. The van der Waals surface area contributed by atoms with E-state index >= 15 is 0 Å². The number of hydrogen-bond acceptors (Lipinski definition) is 2. The van der Waals surface area contributed by atoms with Gasteiger partial charge in [-0.05, 0) is 26.7 Å². The van der Waals surface area contributed by atoms with Crippen LogP contribution in [0.4, 0.5) is 18.9 Å². The third-order valence-corrected chi connectivity index (χ3v) is 3.08. The molecule has 1 aliphatic heterocycles. The van der Waals surface area contributed by atoms with Crippen LogP contribution in [0.3, 0.4) is 0 Å². The quantitative estimate of drug-likeness (QED) is 0.839. The molecule has 2 nitrogen and oxygen atoms in total. The summed E-state index contributed by atoms with van der Waals surface area (Å²) in [6.07, 6.45) is 1.76. The molecule has 1 N–H and O–H groups in total. The van der Waals surface area contributed by atoms with Crippen molar-refractivity contribution in [2.75, 3.05) is 11.9 Å². The van der Waals surface area contributed by atoms with Crippen molar-refractivity contribution in [1.82, 2.24) is 0 Å². The van der Waals surface area contributed by atoms with Crippen molar-refractivity contribution in [3.05, 3.63) is 29.6 Å². The molecular formula is C13H16F3NO. The van der Waals surface area contributed by atoms with E-state index in [0.717, 1.165) is 18.9 Å². The van der Waals surface area contributed by atoms with Crippen molar-refractivity contribution >= 4 is 5.69 Å². The Balaban J connectivity index is 1.97. The normalized spacial score (nSPS) is 22.2. The summed E-state index contributed by atoms with van der Waals surface area (Å²) in [7, 11) is 0. The molecule has 0 spiro atoms. The van der Waals surface area contributed by atoms with Gasteiger partial charge in [-0.15, -0.1) is 0 Å². The van der Waals surface area contributed by atoms with E-state index < -0.39 is 17.5 Å². The van der Waals surface area contributed by atoms with Crippen LogP contribution in [-0.4, -0.2) is 18.2 Å². The van der Waals surface area contributed by atoms with Gasteiger partial charge in [-0.25, -0.2) is 13.2 Å². The van der Waals surface area contributed by atoms with Crippen LogP contribution < -0.4 is 5.32 Å². The minimum absolute atomic E-state index is 0.0347. The minimum atomic E-state index is -1.18. The Bertz CT molecular complexity index is 448. The Morgan fingerprint density at radius 1 is 1.22 bits per heavy atom. The molecule has 1 fully saturated rings. The lowest BCUT2D eigenvalue weighted by Crippen LogP contribution is -2.25. The molecular weight excluding hydrogens is 243 g/mol. The van der Waals surface area contributed by atoms with E-state index in [1.165, 1.54) is 0 Å². The van der Waals surface area contributed by atoms with E-state index in [4.69, 9.17) is 4.74 Å². The van der Waals surface area contributed by atoms with Gasteiger partial charge in [0, 0.05) is 18.7 Å². The summed E-state index contributed by atoms with van der Waals surface area (Å²) in [6, 6.07) is 1.36. The van der Waals surface area contributed by atoms with Crippen molar-refractivity contribution < 1.29 is 17.9 Å². The Labute approximate surface area is 104 Å². The lowest BCUT2D eigenvalue weighted by molar-refractivity contribution is -0.00912. The molecule has 2 rings (SSSR count). The Morgan fingerprint density at radius 2 is 1.89 bits per heavy atom. The zero-order chi connectivity index (χ0) is 13.3. The molecule has 0 aromatic heterocycles. The maximum absolute atomic E-state index is 13.3. The van der Waals surface area contributed by atoms with Gasteiger partial charge in [0.15, 0.2) is 11.6 Å². The van der Waals surface area contributed by atoms with E-state index in [2.05, 4.69) is 5.32 Å². The highest BCUT2D eigenvalue weighted by Gasteiger charge is 2.31. The number of ether oxygens (including phenoxy) is 1. The van der Waals surface area contributed by atoms with Gasteiger partial charge in [-0.2, -0.15) is 0 Å². The highest BCUT2D eigenvalue weighted by atomic mass is 19.2. The van der Waals surface area contributed by atoms with Crippen molar-refractivity contribution in [2.24, 2.45) is 0 Å². The SMILES string of the molecule is CC1(C)CCC(CNc2cc(F)c(F)cc2F)O1. The third-order valence-electron chi connectivity index (χ3n) is 3.08. The number of benzene rings is 1. The van der Waals surface area contributed by atoms with Gasteiger partial charge < -0.3 is 10.1 Å². The molecule has 1 aromatic carbocycles. The zero-order valence-corrected chi connectivity index (χ0v) is 10.4. The van der Waals surface area contributed by atoms with Gasteiger partial charge in [-0.3, -0.25) is 0 Å². The van der Waals surface area contributed by atoms with Crippen LogP contribution in [0.5, 0.6) is 0 Å². The second-order valence-electron chi connectivity index (χ2n) is 5.17. The highest BCUT2D eigenvalue weighted by molar-refractivity contribution is 5.45. The summed E-state index contributed by atoms with van der Waals surface area (Å²) < 4.78 is 44.8. The van der Waals surface area contributed by atoms with Gasteiger partial charge in [0.05, 0.1) is 17.4 Å². The lowest BCUT2D eigenvalue weighted by atomic mass is 10.1. The van der Waals surface area contributed by atoms with Crippen LogP contribution in [0.1, 0.15) is 26.7 Å². The van der Waals surface area contributed by atoms with Gasteiger partial charge in [0.1, 0.15) is 5.82 Å². The van der Waals surface area contributed by atoms with Crippen molar-refractivity contribution in [3.8, 4) is 0 Å². The smallest absolute Gasteiger partial charge is 0.161 e. The van der Waals surface area contributed by atoms with E-state index in [1.807, 2.05) is 13.8 Å². The molecule has 1 heterocycles. The summed E-state index contributed by atoms with van der Waals surface area (Å²) >= 11 is 0. The number of rotatable bonds is 3. The Kier molecular flexibility index (Phi) is 3.52. The zero-order valence-electron chi connectivity index (χ0n) is 10.4. The monoisotopic (exact) mass is 259 g/mol. The molecule has 0 aliphatic carbocycles. The summed E-state index contributed by atoms with van der Waals surface area (Å²) in [5.74, 6) is -3.05. The first kappa shape index (κ1) is 13.2. The fraction of sp³-hybridized carbons (Fsp3) is 0.538. The number of halogens is 3. The Hall–Kier alpha value is -1.23. The van der Waals surface area contributed by atoms with Gasteiger partial charge in [0.2, 0.25) is 0 Å². The van der Waals surface area contributed by atoms with Gasteiger partial charge in [0.25, 0.3) is 0 Å². The van der Waals surface area contributed by atoms with Crippen LogP contribution in [0.15, 0.2) is 12.1 Å². The lowest BCUT2D eigenvalue weighted by Gasteiger charge is -2.20. The molecule has 1 aliphatic rings. The fourth-order valence-electron chi connectivity index (χ4n) is 2.10. The van der Waals surface area contributed by atoms with Crippen LogP contribution in [0.2, 0.25) is 0 Å². The van der Waals surface area contributed by atoms with Gasteiger partial charge >= 0.3 is 0 Å². The number of hydrogen-bond donors (Lipinski definition) is 1. The molecule has 5 heteroatoms. The van der Waals surface area contributed by atoms with Crippen LogP contribution in [0, 0.1) is 17.5 Å². The second-order valence-corrected chi connectivity index (χ2v) is 5.17. The molecule has 0 bridgehead atoms. The topological polar surface area (TPSA) is 21.3 Å². The molecule has 0 radical (unpaired) electrons. The summed E-state index contributed by atoms with van der Waals surface area (Å²) in [6.45, 7) is 4.36. The average molecular weight is 259 g/mol. The highest BCUT2D eigenvalue weighted by Crippen LogP contribution is 2.29. The van der Waals surface area contributed by atoms with Gasteiger partial charge in [-0.1, -0.05) is 0 Å². The largest absolute Gasteiger partial charge is 0.380 e. The van der Waals surface area contributed by atoms with E-state index in [-0.39, 0.29) is 17.4 Å². The van der Waals surface area contributed by atoms with Crippen LogP contribution in [0.25, 0.3) is 0 Å². The number of nitrogens with one attached hydrogen (secondary N) is 1. The molecule has 1 unspecified atom stereocenters. The summed E-state index contributed by atoms with van der Waals surface area (Å²) in [5, 5.41) is 2.75. The average Bonchev–Trinajstić information content (AvgIpc) is 2.62. The molecule has 100 valence electrons. The third kappa shape index (κ3) is 2.96. The maximum Gasteiger partial charge on any atom is 0.161 e. The first-order valence-electron chi connectivity index (χ1n) is 5.94. The summed E-state index contributed by atoms with van der Waals surface area (Å²) in [4.78, 5) is 0. The standard InChI is InChI=1S/C13H16F3NO/c1-13(2)4-3-8(18-13)7-17-12-6-10(15)9(14)5-11(12)16/h5-6,8,17H,3-4,7H2,1-2H3. The molecule has 0 saturated carbocycles. The number of anilines is 1. The maximum atomic E-state index is 13.3. The molecule has 1 aromatic rings. The second kappa shape index (κ2) is 4.80. The molecule has 1 saturated heterocycles. The van der Waals surface area contributed by atoms with Crippen molar-refractivity contribution in [2.45, 2.75) is 38.4 Å². The van der Waals surface area contributed by atoms with Crippen molar-refractivity contribution in [1.29, 1.82) is 0 Å². The molecule has 1 atom stereocenters. The van der Waals surface area contributed by atoms with Crippen LogP contribution in [-0.2, 0) is 4.74 Å². The predicted octanol–water partition coefficient (Wildman–Crippen LogP) is 3.47. The van der Waals surface area contributed by atoms with Crippen molar-refractivity contribution in [3.63, 3.8) is 0 Å². The van der Waals surface area contributed by atoms with E-state index in [1.54, 1.807) is 0 Å². The van der Waals surface area contributed by atoms with E-state index in [0.29, 0.717) is 12.6 Å². The van der Waals surface area contributed by atoms with Crippen LogP contribution >= 0.6 is 0 Å². The predicted molar refractivity (Wildman–Crippen MR) is 63.0 cm³/mol. The Morgan fingerprint density at radius 3 is 2.50 bits per heavy atom. The van der Waals surface area contributed by atoms with E-state index in [9.17, 15) is 13.2 Å². The molecule has 0 amide bonds. The minimum Gasteiger partial charge on any atom is -0.380 e. The first-order chi connectivity index (χ1) is 8.37. The fourth-order valence-corrected chi connectivity index (χ4v) is 2.10. The molecule has 18 heavy (non-hydrogen) atoms.